The predicted octanol–water partition coefficient (Wildman–Crippen LogP) is 4.17. The Morgan fingerprint density at radius 2 is 1.83 bits per heavy atom. The minimum Gasteiger partial charge on any atom is -0.325 e. The lowest BCUT2D eigenvalue weighted by molar-refractivity contribution is -0.384. The first-order valence-corrected chi connectivity index (χ1v) is 7.92. The molecule has 0 saturated heterocycles. The lowest BCUT2D eigenvalue weighted by Crippen LogP contribution is -2.11. The van der Waals surface area contributed by atoms with E-state index in [0.717, 1.165) is 38.0 Å². The van der Waals surface area contributed by atoms with Crippen molar-refractivity contribution < 1.29 is 9.72 Å². The molecule has 0 aromatic heterocycles. The highest BCUT2D eigenvalue weighted by molar-refractivity contribution is 9.10. The van der Waals surface area contributed by atoms with Crippen LogP contribution in [0.5, 0.6) is 0 Å². The van der Waals surface area contributed by atoms with Gasteiger partial charge in [0.2, 0.25) is 5.91 Å². The fraction of sp³-hybridized carbons (Fsp3) is 0.118. The van der Waals surface area contributed by atoms with Gasteiger partial charge in [-0.25, -0.2) is 0 Å². The Labute approximate surface area is 140 Å². The molecule has 1 amide bonds. The third-order valence-corrected chi connectivity index (χ3v) is 4.77. The number of hydrogen-bond acceptors (Lipinski definition) is 3. The van der Waals surface area contributed by atoms with Crippen LogP contribution in [0.4, 0.5) is 11.4 Å². The molecule has 2 aromatic carbocycles. The summed E-state index contributed by atoms with van der Waals surface area (Å²) in [6.07, 6.45) is 0.914. The number of anilines is 1. The van der Waals surface area contributed by atoms with Crippen molar-refractivity contribution in [1.82, 2.24) is 0 Å². The molecule has 0 spiro atoms. The summed E-state index contributed by atoms with van der Waals surface area (Å²) in [6, 6.07) is 10.6. The van der Waals surface area contributed by atoms with E-state index in [1.807, 2.05) is 18.2 Å². The summed E-state index contributed by atoms with van der Waals surface area (Å²) < 4.78 is 0.932. The van der Waals surface area contributed by atoms with Crippen LogP contribution in [-0.2, 0) is 11.2 Å². The zero-order valence-corrected chi connectivity index (χ0v) is 13.5. The maximum atomic E-state index is 12.2. The van der Waals surface area contributed by atoms with Gasteiger partial charge in [-0.1, -0.05) is 22.0 Å². The maximum Gasteiger partial charge on any atom is 0.270 e. The van der Waals surface area contributed by atoms with Gasteiger partial charge in [0.05, 0.1) is 11.3 Å². The molecule has 2 aromatic rings. The number of non-ortho nitro benzene ring substituents is 1. The third-order valence-electron chi connectivity index (χ3n) is 4.28. The molecule has 0 fully saturated rings. The molecule has 1 heterocycles. The Morgan fingerprint density at radius 3 is 2.61 bits per heavy atom. The summed E-state index contributed by atoms with van der Waals surface area (Å²) in [5.41, 5.74) is 5.60. The highest BCUT2D eigenvalue weighted by Crippen LogP contribution is 2.45. The highest BCUT2D eigenvalue weighted by Gasteiger charge is 2.30. The van der Waals surface area contributed by atoms with Crippen molar-refractivity contribution in [2.75, 3.05) is 5.32 Å². The Hall–Kier alpha value is -2.47. The molecule has 0 bridgehead atoms. The summed E-state index contributed by atoms with van der Waals surface area (Å²) >= 11 is 3.47. The number of nitrogens with zero attached hydrogens (tertiary/aromatic N) is 1. The zero-order valence-electron chi connectivity index (χ0n) is 11.9. The minimum atomic E-state index is -0.403. The van der Waals surface area contributed by atoms with E-state index in [4.69, 9.17) is 0 Å². The predicted molar refractivity (Wildman–Crippen MR) is 91.0 cm³/mol. The standard InChI is InChI=1S/C17H11BrN2O3/c18-10-2-4-16-15(6-10)13-5-9-1-3-11(20(22)23)7-12(9)14(13)8-17(21)19-16/h1-4,6-7H,5,8H2,(H,19,21). The Kier molecular flexibility index (Phi) is 3.09. The average Bonchev–Trinajstić information content (AvgIpc) is 2.80. The molecular weight excluding hydrogens is 360 g/mol. The molecular formula is C17H11BrN2O3. The number of allylic oxidation sites excluding steroid dienone is 1. The van der Waals surface area contributed by atoms with Crippen LogP contribution in [0.1, 0.15) is 23.1 Å². The van der Waals surface area contributed by atoms with Crippen molar-refractivity contribution >= 4 is 44.4 Å². The summed E-state index contributed by atoms with van der Waals surface area (Å²) in [6.45, 7) is 0. The van der Waals surface area contributed by atoms with Crippen molar-refractivity contribution in [2.24, 2.45) is 0 Å². The van der Waals surface area contributed by atoms with Crippen LogP contribution in [0.25, 0.3) is 11.1 Å². The number of carbonyl (C=O) groups excluding carboxylic acids is 1. The fourth-order valence-corrected chi connectivity index (χ4v) is 3.62. The van der Waals surface area contributed by atoms with Gasteiger partial charge in [0, 0.05) is 27.9 Å². The lowest BCUT2D eigenvalue weighted by atomic mass is 9.98. The molecule has 0 unspecified atom stereocenters. The minimum absolute atomic E-state index is 0.0524. The summed E-state index contributed by atoms with van der Waals surface area (Å²) in [5, 5.41) is 14.0. The number of halogens is 1. The van der Waals surface area contributed by atoms with Crippen LogP contribution >= 0.6 is 15.9 Å². The molecule has 1 aliphatic heterocycles. The van der Waals surface area contributed by atoms with Gasteiger partial charge in [0.15, 0.2) is 0 Å². The highest BCUT2D eigenvalue weighted by atomic mass is 79.9. The van der Waals surface area contributed by atoms with E-state index in [2.05, 4.69) is 21.2 Å². The van der Waals surface area contributed by atoms with E-state index >= 15 is 0 Å². The molecule has 1 N–H and O–H groups in total. The van der Waals surface area contributed by atoms with Crippen LogP contribution in [0.2, 0.25) is 0 Å². The van der Waals surface area contributed by atoms with E-state index in [0.29, 0.717) is 6.42 Å². The van der Waals surface area contributed by atoms with E-state index in [-0.39, 0.29) is 18.0 Å². The number of nitrogens with one attached hydrogen (secondary N) is 1. The SMILES string of the molecule is O=C1CC2=C(Cc3ccc([N+](=O)[O-])cc32)c2cc(Br)ccc2N1. The van der Waals surface area contributed by atoms with E-state index in [1.54, 1.807) is 12.1 Å². The van der Waals surface area contributed by atoms with Crippen molar-refractivity contribution in [2.45, 2.75) is 12.8 Å². The second kappa shape index (κ2) is 5.03. The number of nitro groups is 1. The molecule has 2 aliphatic rings. The van der Waals surface area contributed by atoms with E-state index in [1.165, 1.54) is 6.07 Å². The number of hydrogen-bond donors (Lipinski definition) is 1. The summed E-state index contributed by atoms with van der Waals surface area (Å²) in [5.74, 6) is -0.0991. The van der Waals surface area contributed by atoms with Gasteiger partial charge in [0.1, 0.15) is 0 Å². The first-order valence-electron chi connectivity index (χ1n) is 7.12. The number of carbonyl (C=O) groups is 1. The van der Waals surface area contributed by atoms with Crippen molar-refractivity contribution in [3.63, 3.8) is 0 Å². The number of benzene rings is 2. The third kappa shape index (κ3) is 2.26. The first-order chi connectivity index (χ1) is 11.0. The van der Waals surface area contributed by atoms with Gasteiger partial charge in [0.25, 0.3) is 5.69 Å². The largest absolute Gasteiger partial charge is 0.325 e. The molecule has 1 aliphatic carbocycles. The normalized spacial score (nSPS) is 15.4. The van der Waals surface area contributed by atoms with Gasteiger partial charge >= 0.3 is 0 Å². The van der Waals surface area contributed by atoms with Crippen molar-refractivity contribution in [3.8, 4) is 0 Å². The van der Waals surface area contributed by atoms with Gasteiger partial charge in [-0.3, -0.25) is 14.9 Å². The molecule has 0 radical (unpaired) electrons. The van der Waals surface area contributed by atoms with Crippen LogP contribution in [0, 0.1) is 10.1 Å². The second-order valence-corrected chi connectivity index (χ2v) is 6.56. The Balaban J connectivity index is 1.94. The molecule has 0 saturated carbocycles. The maximum absolute atomic E-state index is 12.2. The quantitative estimate of drug-likeness (QED) is 0.604. The van der Waals surface area contributed by atoms with Gasteiger partial charge in [-0.05, 0) is 46.9 Å². The van der Waals surface area contributed by atoms with Crippen LogP contribution in [0.15, 0.2) is 40.9 Å². The first kappa shape index (κ1) is 14.1. The zero-order chi connectivity index (χ0) is 16.1. The van der Waals surface area contributed by atoms with Crippen LogP contribution in [-0.4, -0.2) is 10.8 Å². The van der Waals surface area contributed by atoms with Crippen LogP contribution in [0.3, 0.4) is 0 Å². The number of rotatable bonds is 1. The molecule has 23 heavy (non-hydrogen) atoms. The monoisotopic (exact) mass is 370 g/mol. The van der Waals surface area contributed by atoms with Crippen molar-refractivity contribution in [3.05, 3.63) is 67.7 Å². The molecule has 0 atom stereocenters. The van der Waals surface area contributed by atoms with Gasteiger partial charge in [-0.15, -0.1) is 0 Å². The summed E-state index contributed by atoms with van der Waals surface area (Å²) in [7, 11) is 0. The number of amides is 1. The molecule has 5 nitrogen and oxygen atoms in total. The smallest absolute Gasteiger partial charge is 0.270 e. The van der Waals surface area contributed by atoms with E-state index < -0.39 is 4.92 Å². The fourth-order valence-electron chi connectivity index (χ4n) is 3.26. The van der Waals surface area contributed by atoms with E-state index in [9.17, 15) is 14.9 Å². The number of nitro benzene ring substituents is 1. The van der Waals surface area contributed by atoms with Crippen molar-refractivity contribution in [1.29, 1.82) is 0 Å². The Bertz CT molecular complexity index is 918. The average molecular weight is 371 g/mol. The number of fused-ring (bicyclic) bond motifs is 4. The topological polar surface area (TPSA) is 72.2 Å². The van der Waals surface area contributed by atoms with Gasteiger partial charge in [-0.2, -0.15) is 0 Å². The summed E-state index contributed by atoms with van der Waals surface area (Å²) in [4.78, 5) is 22.8. The van der Waals surface area contributed by atoms with Crippen LogP contribution < -0.4 is 5.32 Å². The molecule has 4 rings (SSSR count). The van der Waals surface area contributed by atoms with Gasteiger partial charge < -0.3 is 5.32 Å². The Morgan fingerprint density at radius 1 is 1.04 bits per heavy atom. The lowest BCUT2D eigenvalue weighted by Gasteiger charge is -2.10. The second-order valence-electron chi connectivity index (χ2n) is 5.65. The molecule has 114 valence electrons. The molecule has 6 heteroatoms.